The van der Waals surface area contributed by atoms with Gasteiger partial charge in [0.2, 0.25) is 0 Å². The van der Waals surface area contributed by atoms with Gasteiger partial charge in [-0.2, -0.15) is 0 Å². The molecule has 2 heterocycles. The largest absolute Gasteiger partial charge is 0.497 e. The maximum Gasteiger partial charge on any atom is 0.285 e. The van der Waals surface area contributed by atoms with Crippen LogP contribution in [0.5, 0.6) is 5.75 Å². The lowest BCUT2D eigenvalue weighted by Gasteiger charge is -2.20. The fourth-order valence-electron chi connectivity index (χ4n) is 2.69. The van der Waals surface area contributed by atoms with Gasteiger partial charge in [-0.1, -0.05) is 36.0 Å². The first-order valence-corrected chi connectivity index (χ1v) is 8.96. The SMILES string of the molecule is COc1ccc(C2Sc3ccccc3N=C3NC(=O)SC32)cc1. The van der Waals surface area contributed by atoms with E-state index in [9.17, 15) is 4.79 Å². The van der Waals surface area contributed by atoms with Crippen molar-refractivity contribution in [2.24, 2.45) is 4.99 Å². The molecule has 1 saturated heterocycles. The Morgan fingerprint density at radius 2 is 1.83 bits per heavy atom. The van der Waals surface area contributed by atoms with Gasteiger partial charge in [0.15, 0.2) is 0 Å². The molecule has 1 N–H and O–H groups in total. The third-order valence-corrected chi connectivity index (χ3v) is 6.45. The van der Waals surface area contributed by atoms with Gasteiger partial charge in [-0.3, -0.25) is 4.79 Å². The topological polar surface area (TPSA) is 50.7 Å². The van der Waals surface area contributed by atoms with Crippen LogP contribution in [0.3, 0.4) is 0 Å². The number of para-hydroxylation sites is 1. The average molecular weight is 342 g/mol. The summed E-state index contributed by atoms with van der Waals surface area (Å²) in [6.07, 6.45) is 0. The molecule has 0 radical (unpaired) electrons. The smallest absolute Gasteiger partial charge is 0.285 e. The van der Waals surface area contributed by atoms with E-state index < -0.39 is 0 Å². The number of hydrogen-bond donors (Lipinski definition) is 1. The Morgan fingerprint density at radius 3 is 2.61 bits per heavy atom. The molecule has 0 aromatic heterocycles. The molecule has 1 amide bonds. The third kappa shape index (κ3) is 2.72. The molecule has 4 nitrogen and oxygen atoms in total. The van der Waals surface area contributed by atoms with Gasteiger partial charge in [-0.25, -0.2) is 4.99 Å². The van der Waals surface area contributed by atoms with Crippen LogP contribution >= 0.6 is 23.5 Å². The standard InChI is InChI=1S/C17H14N2O2S2/c1-21-11-8-6-10(7-9-11)14-15-16(19-17(20)23-15)18-12-4-2-3-5-13(12)22-14/h2-9,14-15H,1H3,(H,18,19,20). The van der Waals surface area contributed by atoms with Crippen molar-refractivity contribution < 1.29 is 9.53 Å². The van der Waals surface area contributed by atoms with Crippen molar-refractivity contribution in [1.29, 1.82) is 0 Å². The predicted molar refractivity (Wildman–Crippen MR) is 95.0 cm³/mol. The van der Waals surface area contributed by atoms with Crippen molar-refractivity contribution in [2.45, 2.75) is 15.4 Å². The summed E-state index contributed by atoms with van der Waals surface area (Å²) in [5.41, 5.74) is 2.07. The molecule has 6 heteroatoms. The quantitative estimate of drug-likeness (QED) is 0.879. The number of ether oxygens (including phenoxy) is 1. The van der Waals surface area contributed by atoms with Crippen molar-refractivity contribution in [3.63, 3.8) is 0 Å². The van der Waals surface area contributed by atoms with E-state index >= 15 is 0 Å². The Kier molecular flexibility index (Phi) is 3.79. The molecule has 0 spiro atoms. The summed E-state index contributed by atoms with van der Waals surface area (Å²) in [6.45, 7) is 0. The molecule has 0 saturated carbocycles. The van der Waals surface area contributed by atoms with Crippen LogP contribution in [-0.2, 0) is 0 Å². The number of aliphatic imine (C=N–C) groups is 1. The third-order valence-electron chi connectivity index (χ3n) is 3.81. The Morgan fingerprint density at radius 1 is 1.04 bits per heavy atom. The van der Waals surface area contributed by atoms with Crippen molar-refractivity contribution >= 4 is 40.3 Å². The van der Waals surface area contributed by atoms with E-state index in [1.54, 1.807) is 18.9 Å². The minimum Gasteiger partial charge on any atom is -0.497 e. The number of amides is 1. The molecular formula is C17H14N2O2S2. The fraction of sp³-hybridized carbons (Fsp3) is 0.176. The fourth-order valence-corrected chi connectivity index (χ4v) is 5.13. The number of rotatable bonds is 2. The van der Waals surface area contributed by atoms with E-state index in [-0.39, 0.29) is 15.7 Å². The second-order valence-electron chi connectivity index (χ2n) is 5.23. The first-order chi connectivity index (χ1) is 11.2. The highest BCUT2D eigenvalue weighted by molar-refractivity contribution is 8.16. The first-order valence-electron chi connectivity index (χ1n) is 7.20. The number of fused-ring (bicyclic) bond motifs is 2. The molecular weight excluding hydrogens is 328 g/mol. The number of methoxy groups -OCH3 is 1. The molecule has 1 fully saturated rings. The highest BCUT2D eigenvalue weighted by atomic mass is 32.2. The molecule has 2 unspecified atom stereocenters. The van der Waals surface area contributed by atoms with Gasteiger partial charge >= 0.3 is 0 Å². The number of carbonyl (C=O) groups is 1. The number of hydrogen-bond acceptors (Lipinski definition) is 5. The van der Waals surface area contributed by atoms with Crippen LogP contribution in [0.15, 0.2) is 58.4 Å². The maximum absolute atomic E-state index is 11.9. The van der Waals surface area contributed by atoms with E-state index in [4.69, 9.17) is 4.74 Å². The van der Waals surface area contributed by atoms with Crippen LogP contribution in [0.25, 0.3) is 0 Å². The zero-order valence-corrected chi connectivity index (χ0v) is 14.0. The molecule has 2 aromatic carbocycles. The molecule has 23 heavy (non-hydrogen) atoms. The zero-order chi connectivity index (χ0) is 15.8. The number of carbonyl (C=O) groups excluding carboxylic acids is 1. The summed E-state index contributed by atoms with van der Waals surface area (Å²) in [5.74, 6) is 1.58. The summed E-state index contributed by atoms with van der Waals surface area (Å²) in [5, 5.41) is 2.97. The van der Waals surface area contributed by atoms with Gasteiger partial charge < -0.3 is 10.1 Å². The Bertz CT molecular complexity index is 789. The monoisotopic (exact) mass is 342 g/mol. The highest BCUT2D eigenvalue weighted by Crippen LogP contribution is 2.49. The maximum atomic E-state index is 11.9. The molecule has 0 bridgehead atoms. The molecule has 2 aromatic rings. The van der Waals surface area contributed by atoms with Gasteiger partial charge in [0.25, 0.3) is 5.24 Å². The number of amidine groups is 1. The average Bonchev–Trinajstić information content (AvgIpc) is 2.87. The van der Waals surface area contributed by atoms with Crippen LogP contribution in [-0.4, -0.2) is 23.4 Å². The summed E-state index contributed by atoms with van der Waals surface area (Å²) in [4.78, 5) is 17.7. The van der Waals surface area contributed by atoms with Crippen LogP contribution < -0.4 is 10.1 Å². The Balaban J connectivity index is 1.79. The number of benzene rings is 2. The lowest BCUT2D eigenvalue weighted by molar-refractivity contribution is 0.265. The molecule has 116 valence electrons. The van der Waals surface area contributed by atoms with Gasteiger partial charge in [0.1, 0.15) is 11.6 Å². The zero-order valence-electron chi connectivity index (χ0n) is 12.4. The summed E-state index contributed by atoms with van der Waals surface area (Å²) in [6, 6.07) is 16.1. The molecule has 2 atom stereocenters. The number of nitrogens with one attached hydrogen (secondary N) is 1. The van der Waals surface area contributed by atoms with Gasteiger partial charge in [0.05, 0.1) is 23.3 Å². The Hall–Kier alpha value is -1.92. The summed E-state index contributed by atoms with van der Waals surface area (Å²) >= 11 is 3.07. The minimum absolute atomic E-state index is 0.00621. The van der Waals surface area contributed by atoms with Crippen LogP contribution in [0.4, 0.5) is 10.5 Å². The summed E-state index contributed by atoms with van der Waals surface area (Å²) in [7, 11) is 1.66. The van der Waals surface area contributed by atoms with E-state index in [0.717, 1.165) is 27.7 Å². The van der Waals surface area contributed by atoms with Crippen molar-refractivity contribution in [2.75, 3.05) is 7.11 Å². The lowest BCUT2D eigenvalue weighted by atomic mass is 10.1. The van der Waals surface area contributed by atoms with Gasteiger partial charge in [-0.15, -0.1) is 11.8 Å². The van der Waals surface area contributed by atoms with E-state index in [0.29, 0.717) is 0 Å². The second-order valence-corrected chi connectivity index (χ2v) is 7.53. The van der Waals surface area contributed by atoms with E-state index in [1.807, 2.05) is 30.3 Å². The Labute approximate surface area is 142 Å². The molecule has 2 aliphatic rings. The first kappa shape index (κ1) is 14.7. The molecule has 0 aliphatic carbocycles. The van der Waals surface area contributed by atoms with Crippen molar-refractivity contribution in [3.8, 4) is 5.75 Å². The predicted octanol–water partition coefficient (Wildman–Crippen LogP) is 4.40. The summed E-state index contributed by atoms with van der Waals surface area (Å²) < 4.78 is 5.24. The van der Waals surface area contributed by atoms with Crippen molar-refractivity contribution in [1.82, 2.24) is 5.32 Å². The molecule has 4 rings (SSSR count). The van der Waals surface area contributed by atoms with Gasteiger partial charge in [-0.05, 0) is 29.8 Å². The number of nitrogens with zero attached hydrogens (tertiary/aromatic N) is 1. The van der Waals surface area contributed by atoms with E-state index in [1.165, 1.54) is 11.8 Å². The second kappa shape index (κ2) is 5.94. The van der Waals surface area contributed by atoms with Crippen LogP contribution in [0.1, 0.15) is 10.8 Å². The van der Waals surface area contributed by atoms with Crippen molar-refractivity contribution in [3.05, 3.63) is 54.1 Å². The van der Waals surface area contributed by atoms with Gasteiger partial charge in [0, 0.05) is 4.90 Å². The number of thioether (sulfide) groups is 2. The lowest BCUT2D eigenvalue weighted by Crippen LogP contribution is -2.27. The van der Waals surface area contributed by atoms with E-state index in [2.05, 4.69) is 28.5 Å². The highest BCUT2D eigenvalue weighted by Gasteiger charge is 2.39. The van der Waals surface area contributed by atoms with Crippen LogP contribution in [0, 0.1) is 0 Å². The van der Waals surface area contributed by atoms with Crippen LogP contribution in [0.2, 0.25) is 0 Å². The molecule has 2 aliphatic heterocycles. The minimum atomic E-state index is -0.0350. The normalized spacial score (nSPS) is 22.5.